The van der Waals surface area contributed by atoms with Crippen molar-refractivity contribution in [1.29, 1.82) is 0 Å². The van der Waals surface area contributed by atoms with Crippen LogP contribution in [0.15, 0.2) is 102 Å². The first kappa shape index (κ1) is 27.0. The van der Waals surface area contributed by atoms with Crippen molar-refractivity contribution in [1.82, 2.24) is 0 Å². The first-order chi connectivity index (χ1) is 18.1. The molecule has 0 aliphatic carbocycles. The number of rotatable bonds is 11. The van der Waals surface area contributed by atoms with Gasteiger partial charge in [-0.15, -0.1) is 0 Å². The lowest BCUT2D eigenvalue weighted by Gasteiger charge is -2.15. The van der Waals surface area contributed by atoms with Gasteiger partial charge in [0.2, 0.25) is 0 Å². The van der Waals surface area contributed by atoms with Crippen molar-refractivity contribution in [3.05, 3.63) is 114 Å². The van der Waals surface area contributed by atoms with Crippen molar-refractivity contribution in [2.45, 2.75) is 24.2 Å². The maximum Gasteiger partial charge on any atom is 0.339 e. The quantitative estimate of drug-likeness (QED) is 0.231. The molecule has 10 heteroatoms. The van der Waals surface area contributed by atoms with Crippen LogP contribution in [0.4, 0.5) is 0 Å². The summed E-state index contributed by atoms with van der Waals surface area (Å²) in [5, 5.41) is 0. The van der Waals surface area contributed by atoms with Crippen LogP contribution in [0.25, 0.3) is 0 Å². The molecule has 0 saturated heterocycles. The minimum absolute atomic E-state index is 0.0598. The van der Waals surface area contributed by atoms with Gasteiger partial charge in [-0.1, -0.05) is 54.1 Å². The molecule has 0 atom stereocenters. The fourth-order valence-corrected chi connectivity index (χ4v) is 5.43. The Morgan fingerprint density at radius 1 is 0.658 bits per heavy atom. The van der Waals surface area contributed by atoms with Crippen molar-refractivity contribution >= 4 is 20.2 Å². The van der Waals surface area contributed by atoms with Crippen LogP contribution < -0.4 is 17.8 Å². The highest BCUT2D eigenvalue weighted by Crippen LogP contribution is 2.33. The molecular weight excluding hydrogens is 528 g/mol. The Hall–Kier alpha value is -4.02. The Morgan fingerprint density at radius 2 is 1.32 bits per heavy atom. The van der Waals surface area contributed by atoms with Crippen LogP contribution in [0.2, 0.25) is 0 Å². The average molecular weight is 555 g/mol. The van der Waals surface area contributed by atoms with E-state index < -0.39 is 26.0 Å². The van der Waals surface area contributed by atoms with E-state index in [1.165, 1.54) is 24.3 Å². The smallest absolute Gasteiger partial charge is 0.339 e. The third kappa shape index (κ3) is 7.27. The summed E-state index contributed by atoms with van der Waals surface area (Å²) in [5.41, 5.74) is 1.92. The van der Waals surface area contributed by atoms with Crippen LogP contribution in [-0.2, 0) is 32.6 Å². The number of aryl methyl sites for hydroxylation is 1. The summed E-state index contributed by atoms with van der Waals surface area (Å²) >= 11 is 0. The van der Waals surface area contributed by atoms with Crippen molar-refractivity contribution in [3.8, 4) is 23.0 Å². The van der Waals surface area contributed by atoms with Crippen LogP contribution in [0.5, 0.6) is 23.0 Å². The highest BCUT2D eigenvalue weighted by Gasteiger charge is 2.23. The topological polar surface area (TPSA) is 105 Å². The van der Waals surface area contributed by atoms with E-state index in [9.17, 15) is 16.8 Å². The van der Waals surface area contributed by atoms with Gasteiger partial charge >= 0.3 is 20.2 Å². The summed E-state index contributed by atoms with van der Waals surface area (Å²) < 4.78 is 73.2. The van der Waals surface area contributed by atoms with E-state index in [4.69, 9.17) is 17.8 Å². The zero-order valence-electron chi connectivity index (χ0n) is 20.7. The van der Waals surface area contributed by atoms with E-state index in [2.05, 4.69) is 0 Å². The van der Waals surface area contributed by atoms with Gasteiger partial charge in [0.25, 0.3) is 0 Å². The molecule has 0 fully saturated rings. The molecule has 0 aromatic heterocycles. The molecule has 4 rings (SSSR count). The fraction of sp³-hybridized carbons (Fsp3) is 0.143. The van der Waals surface area contributed by atoms with E-state index in [0.717, 1.165) is 5.56 Å². The van der Waals surface area contributed by atoms with Gasteiger partial charge in [0.15, 0.2) is 11.5 Å². The maximum atomic E-state index is 13.0. The second-order valence-corrected chi connectivity index (χ2v) is 11.5. The van der Waals surface area contributed by atoms with Gasteiger partial charge in [-0.25, -0.2) is 0 Å². The molecule has 8 nitrogen and oxygen atoms in total. The minimum atomic E-state index is -4.29. The molecular formula is C28H26O8S2. The van der Waals surface area contributed by atoms with Crippen molar-refractivity contribution in [2.24, 2.45) is 0 Å². The van der Waals surface area contributed by atoms with Gasteiger partial charge in [0.1, 0.15) is 28.8 Å². The predicted molar refractivity (Wildman–Crippen MR) is 142 cm³/mol. The van der Waals surface area contributed by atoms with Crippen molar-refractivity contribution in [3.63, 3.8) is 0 Å². The summed E-state index contributed by atoms with van der Waals surface area (Å²) in [6.07, 6.45) is 0. The van der Waals surface area contributed by atoms with E-state index >= 15 is 0 Å². The molecule has 0 spiro atoms. The van der Waals surface area contributed by atoms with Gasteiger partial charge in [0, 0.05) is 0 Å². The van der Waals surface area contributed by atoms with E-state index in [0.29, 0.717) is 22.6 Å². The Labute approximate surface area is 222 Å². The molecule has 38 heavy (non-hydrogen) atoms. The lowest BCUT2D eigenvalue weighted by atomic mass is 10.2. The molecule has 4 aromatic carbocycles. The van der Waals surface area contributed by atoms with E-state index in [1.54, 1.807) is 79.9 Å². The molecule has 0 radical (unpaired) electrons. The molecule has 0 N–H and O–H groups in total. The molecule has 0 aliphatic heterocycles. The first-order valence-corrected chi connectivity index (χ1v) is 14.5. The minimum Gasteiger partial charge on any atom is -0.497 e. The van der Waals surface area contributed by atoms with E-state index in [1.807, 2.05) is 6.92 Å². The lowest BCUT2D eigenvalue weighted by molar-refractivity contribution is 0.305. The summed E-state index contributed by atoms with van der Waals surface area (Å²) in [5.74, 6) is 0.294. The second-order valence-electron chi connectivity index (χ2n) is 8.37. The van der Waals surface area contributed by atoms with Crippen LogP contribution in [-0.4, -0.2) is 23.9 Å². The monoisotopic (exact) mass is 554 g/mol. The first-order valence-electron chi connectivity index (χ1n) is 11.5. The number of benzene rings is 4. The van der Waals surface area contributed by atoms with Crippen LogP contribution in [0, 0.1) is 6.92 Å². The second kappa shape index (κ2) is 11.6. The number of hydrogen-bond acceptors (Lipinski definition) is 8. The lowest BCUT2D eigenvalue weighted by Crippen LogP contribution is -2.15. The Bertz CT molecular complexity index is 1580. The summed E-state index contributed by atoms with van der Waals surface area (Å²) in [6.45, 7) is 1.89. The van der Waals surface area contributed by atoms with Crippen molar-refractivity contribution in [2.75, 3.05) is 7.11 Å². The molecule has 0 amide bonds. The maximum absolute atomic E-state index is 13.0. The van der Waals surface area contributed by atoms with Gasteiger partial charge in [-0.3, -0.25) is 0 Å². The summed E-state index contributed by atoms with van der Waals surface area (Å²) in [6, 6.07) is 25.8. The van der Waals surface area contributed by atoms with E-state index in [-0.39, 0.29) is 23.0 Å². The van der Waals surface area contributed by atoms with Gasteiger partial charge in [-0.05, 0) is 66.6 Å². The fourth-order valence-electron chi connectivity index (χ4n) is 3.43. The van der Waals surface area contributed by atoms with Gasteiger partial charge < -0.3 is 17.8 Å². The standard InChI is InChI=1S/C28H26O8S2/c1-21-8-15-26(16-9-21)38(31,32)36-28-18-23(19-34-25-13-11-24(33-2)12-14-25)10-17-27(28)35-37(29,30)20-22-6-4-3-5-7-22/h3-18H,19-20H2,1-2H3. The zero-order valence-corrected chi connectivity index (χ0v) is 22.4. The number of methoxy groups -OCH3 is 1. The third-order valence-corrected chi connectivity index (χ3v) is 7.75. The number of ether oxygens (including phenoxy) is 2. The summed E-state index contributed by atoms with van der Waals surface area (Å²) in [4.78, 5) is -0.0823. The molecule has 198 valence electrons. The van der Waals surface area contributed by atoms with Gasteiger partial charge in [-0.2, -0.15) is 16.8 Å². The normalized spacial score (nSPS) is 11.5. The molecule has 0 heterocycles. The highest BCUT2D eigenvalue weighted by molar-refractivity contribution is 7.87. The average Bonchev–Trinajstić information content (AvgIpc) is 2.89. The SMILES string of the molecule is COc1ccc(OCc2ccc(OS(=O)(=O)Cc3ccccc3)c(OS(=O)(=O)c3ccc(C)cc3)c2)cc1. The van der Waals surface area contributed by atoms with Gasteiger partial charge in [0.05, 0.1) is 7.11 Å². The van der Waals surface area contributed by atoms with Crippen molar-refractivity contribution < 1.29 is 34.7 Å². The molecule has 0 aliphatic rings. The zero-order chi connectivity index (χ0) is 27.2. The number of hydrogen-bond donors (Lipinski definition) is 0. The Balaban J connectivity index is 1.61. The Morgan fingerprint density at radius 3 is 1.97 bits per heavy atom. The molecule has 0 bridgehead atoms. The predicted octanol–water partition coefficient (Wildman–Crippen LogP) is 5.26. The molecule has 4 aromatic rings. The largest absolute Gasteiger partial charge is 0.497 e. The Kier molecular flexibility index (Phi) is 8.23. The van der Waals surface area contributed by atoms with Crippen LogP contribution >= 0.6 is 0 Å². The molecule has 0 unspecified atom stereocenters. The van der Waals surface area contributed by atoms with Crippen LogP contribution in [0.3, 0.4) is 0 Å². The molecule has 0 saturated carbocycles. The highest BCUT2D eigenvalue weighted by atomic mass is 32.2. The summed E-state index contributed by atoms with van der Waals surface area (Å²) in [7, 11) is -6.86. The third-order valence-electron chi connectivity index (χ3n) is 5.39. The van der Waals surface area contributed by atoms with Crippen LogP contribution in [0.1, 0.15) is 16.7 Å².